The topological polar surface area (TPSA) is 304 Å². The van der Waals surface area contributed by atoms with Crippen LogP contribution in [-0.4, -0.2) is 109 Å². The Morgan fingerprint density at radius 3 is 2.18 bits per heavy atom. The highest BCUT2D eigenvalue weighted by Gasteiger charge is 2.54. The second-order valence-corrected chi connectivity index (χ2v) is 12.7. The molecule has 4 aromatic rings. The van der Waals surface area contributed by atoms with Crippen LogP contribution in [0.1, 0.15) is 12.5 Å². The number of nitrogens with two attached hydrogens (primary N) is 1. The lowest BCUT2D eigenvalue weighted by Crippen LogP contribution is -2.36. The SMILES string of the molecule is Nc1ncnc2c1ncn2[C@@H]1O[C@@H]2COP(=O)(O)O[C@H]3[C@@H](O)[C@H](n4cnc5c(=O)[nH]cnc54)O[C@@H]3COP(=O)(O)O[C@@H]1[C@@H]2O. The van der Waals surface area contributed by atoms with Crippen LogP contribution in [0.5, 0.6) is 0 Å². The van der Waals surface area contributed by atoms with Gasteiger partial charge in [0.1, 0.15) is 48.5 Å². The number of ether oxygens (including phenoxy) is 2. The molecule has 236 valence electrons. The molecule has 0 amide bonds. The van der Waals surface area contributed by atoms with E-state index < -0.39 is 83.5 Å². The number of aliphatic hydroxyl groups is 2. The third-order valence-corrected chi connectivity index (χ3v) is 9.21. The standard InChI is InChI=1S/C20H23N9O13P2/c21-15-9-16(23-3-22-15)29(5-26-9)20-14-11(30)7(39-20)1-37-43(33,34)41-13-8(2-38-44(35,36)42-14)40-19(12(13)31)28-6-27-10-17(28)24-4-25-18(10)32/h3-8,11-14,19-20,30-31H,1-2H2,(H,33,34)(H,35,36)(H2,21,22,23)(H,24,25,32)/t7-,8-,11-,12-,13-,14-,19-,20-/m1/s1. The molecule has 4 aromatic heterocycles. The van der Waals surface area contributed by atoms with E-state index in [-0.39, 0.29) is 28.1 Å². The molecule has 7 heterocycles. The summed E-state index contributed by atoms with van der Waals surface area (Å²) in [5.74, 6) is 0.0270. The molecule has 2 unspecified atom stereocenters. The first-order valence-electron chi connectivity index (χ1n) is 12.7. The molecule has 7 N–H and O–H groups in total. The van der Waals surface area contributed by atoms with Gasteiger partial charge in [-0.1, -0.05) is 0 Å². The molecule has 0 aromatic carbocycles. The molecular weight excluding hydrogens is 636 g/mol. The Bertz CT molecular complexity index is 1880. The van der Waals surface area contributed by atoms with E-state index in [0.29, 0.717) is 0 Å². The van der Waals surface area contributed by atoms with Gasteiger partial charge in [-0.05, 0) is 0 Å². The highest BCUT2D eigenvalue weighted by atomic mass is 31.2. The molecule has 22 nitrogen and oxygen atoms in total. The van der Waals surface area contributed by atoms with Gasteiger partial charge in [0.25, 0.3) is 5.56 Å². The summed E-state index contributed by atoms with van der Waals surface area (Å²) in [7, 11) is -10.1. The summed E-state index contributed by atoms with van der Waals surface area (Å²) < 4.78 is 61.1. The second-order valence-electron chi connectivity index (χ2n) is 9.92. The van der Waals surface area contributed by atoms with Crippen molar-refractivity contribution < 1.29 is 56.7 Å². The number of imidazole rings is 2. The number of phosphoric ester groups is 2. The fraction of sp³-hybridized carbons (Fsp3) is 0.500. The van der Waals surface area contributed by atoms with Gasteiger partial charge in [0.2, 0.25) is 0 Å². The quantitative estimate of drug-likeness (QED) is 0.128. The summed E-state index contributed by atoms with van der Waals surface area (Å²) in [6.45, 7) is -1.61. The second kappa shape index (κ2) is 10.7. The van der Waals surface area contributed by atoms with Crippen LogP contribution in [0.15, 0.2) is 30.1 Å². The van der Waals surface area contributed by atoms with Crippen molar-refractivity contribution in [1.29, 1.82) is 0 Å². The van der Waals surface area contributed by atoms with Crippen molar-refractivity contribution in [2.75, 3.05) is 18.9 Å². The van der Waals surface area contributed by atoms with Crippen molar-refractivity contribution in [2.45, 2.75) is 49.1 Å². The van der Waals surface area contributed by atoms with Crippen LogP contribution in [-0.2, 0) is 36.7 Å². The van der Waals surface area contributed by atoms with Crippen LogP contribution in [0.2, 0.25) is 0 Å². The lowest BCUT2D eigenvalue weighted by Gasteiger charge is -2.25. The first kappa shape index (κ1) is 29.5. The Balaban J connectivity index is 1.20. The highest BCUT2D eigenvalue weighted by molar-refractivity contribution is 7.47. The smallest absolute Gasteiger partial charge is 0.387 e. The van der Waals surface area contributed by atoms with Crippen LogP contribution >= 0.6 is 15.6 Å². The van der Waals surface area contributed by atoms with E-state index in [9.17, 15) is 33.9 Å². The predicted octanol–water partition coefficient (Wildman–Crippen LogP) is -1.92. The average Bonchev–Trinajstić information content (AvgIpc) is 3.73. The number of fused-ring (bicyclic) bond motifs is 5. The molecule has 3 aliphatic heterocycles. The van der Waals surface area contributed by atoms with Crippen molar-refractivity contribution in [2.24, 2.45) is 0 Å². The van der Waals surface area contributed by atoms with Gasteiger partial charge in [0.05, 0.1) is 32.2 Å². The van der Waals surface area contributed by atoms with Crippen molar-refractivity contribution in [3.05, 3.63) is 35.7 Å². The lowest BCUT2D eigenvalue weighted by molar-refractivity contribution is -0.0672. The number of phosphoric acid groups is 2. The Labute approximate surface area is 243 Å². The normalized spacial score (nSPS) is 38.3. The molecule has 3 fully saturated rings. The van der Waals surface area contributed by atoms with Gasteiger partial charge in [-0.3, -0.25) is 32.0 Å². The number of H-pyrrole nitrogens is 1. The van der Waals surface area contributed by atoms with Crippen LogP contribution in [0.3, 0.4) is 0 Å². The van der Waals surface area contributed by atoms with E-state index in [4.69, 9.17) is 33.3 Å². The van der Waals surface area contributed by atoms with Gasteiger partial charge in [-0.15, -0.1) is 0 Å². The summed E-state index contributed by atoms with van der Waals surface area (Å²) in [6, 6.07) is 0. The van der Waals surface area contributed by atoms with Crippen LogP contribution < -0.4 is 11.3 Å². The summed E-state index contributed by atoms with van der Waals surface area (Å²) in [5, 5.41) is 22.1. The largest absolute Gasteiger partial charge is 0.472 e. The maximum Gasteiger partial charge on any atom is 0.472 e. The summed E-state index contributed by atoms with van der Waals surface area (Å²) in [4.78, 5) is 55.7. The van der Waals surface area contributed by atoms with Crippen molar-refractivity contribution >= 4 is 43.8 Å². The van der Waals surface area contributed by atoms with E-state index in [0.717, 1.165) is 19.0 Å². The number of nitrogens with zero attached hydrogens (tertiary/aromatic N) is 7. The highest BCUT2D eigenvalue weighted by Crippen LogP contribution is 2.53. The number of aromatic nitrogens is 8. The van der Waals surface area contributed by atoms with Crippen LogP contribution in [0.25, 0.3) is 22.3 Å². The number of aromatic amines is 1. The lowest BCUT2D eigenvalue weighted by atomic mass is 10.1. The minimum Gasteiger partial charge on any atom is -0.387 e. The molecule has 0 radical (unpaired) electrons. The number of nitrogen functional groups attached to an aromatic ring is 1. The zero-order chi connectivity index (χ0) is 31.0. The fourth-order valence-electron chi connectivity index (χ4n) is 5.22. The predicted molar refractivity (Wildman–Crippen MR) is 139 cm³/mol. The summed E-state index contributed by atoms with van der Waals surface area (Å²) >= 11 is 0. The minimum absolute atomic E-state index is 0.0000713. The van der Waals surface area contributed by atoms with E-state index >= 15 is 0 Å². The van der Waals surface area contributed by atoms with Crippen LogP contribution in [0, 0.1) is 0 Å². The molecular formula is C20H23N9O13P2. The molecule has 10 atom stereocenters. The van der Waals surface area contributed by atoms with E-state index in [1.165, 1.54) is 15.5 Å². The van der Waals surface area contributed by atoms with E-state index in [1.54, 1.807) is 0 Å². The maximum absolute atomic E-state index is 13.2. The van der Waals surface area contributed by atoms with Gasteiger partial charge in [0, 0.05) is 0 Å². The fourth-order valence-corrected chi connectivity index (χ4v) is 7.11. The number of anilines is 1. The molecule has 0 spiro atoms. The molecule has 3 aliphatic rings. The van der Waals surface area contributed by atoms with Crippen molar-refractivity contribution in [3.8, 4) is 0 Å². The summed E-state index contributed by atoms with van der Waals surface area (Å²) in [6.07, 6.45) is -7.84. The minimum atomic E-state index is -5.07. The number of aliphatic hydroxyl groups excluding tert-OH is 2. The molecule has 0 saturated carbocycles. The van der Waals surface area contributed by atoms with Crippen molar-refractivity contribution in [1.82, 2.24) is 39.0 Å². The molecule has 3 saturated heterocycles. The maximum atomic E-state index is 13.2. The summed E-state index contributed by atoms with van der Waals surface area (Å²) in [5.41, 5.74) is 5.47. The van der Waals surface area contributed by atoms with Gasteiger partial charge in [-0.2, -0.15) is 0 Å². The van der Waals surface area contributed by atoms with Crippen molar-refractivity contribution in [3.63, 3.8) is 0 Å². The van der Waals surface area contributed by atoms with Crippen LogP contribution in [0.4, 0.5) is 5.82 Å². The Kier molecular flexibility index (Phi) is 7.16. The Morgan fingerprint density at radius 1 is 0.818 bits per heavy atom. The Morgan fingerprint density at radius 2 is 1.43 bits per heavy atom. The molecule has 24 heteroatoms. The van der Waals surface area contributed by atoms with Gasteiger partial charge >= 0.3 is 15.6 Å². The van der Waals surface area contributed by atoms with Gasteiger partial charge in [0.15, 0.2) is 35.1 Å². The Hall–Kier alpha value is -3.24. The molecule has 0 aliphatic carbocycles. The first-order valence-corrected chi connectivity index (χ1v) is 15.7. The zero-order valence-corrected chi connectivity index (χ0v) is 23.7. The van der Waals surface area contributed by atoms with Gasteiger partial charge in [-0.25, -0.2) is 34.0 Å². The van der Waals surface area contributed by atoms with E-state index in [1.807, 2.05) is 0 Å². The number of hydrogen-bond acceptors (Lipinski definition) is 17. The van der Waals surface area contributed by atoms with E-state index in [2.05, 4.69) is 29.9 Å². The number of rotatable bonds is 2. The molecule has 2 bridgehead atoms. The number of hydrogen-bond donors (Lipinski definition) is 6. The van der Waals surface area contributed by atoms with Gasteiger partial charge < -0.3 is 40.2 Å². The monoisotopic (exact) mass is 659 g/mol. The zero-order valence-electron chi connectivity index (χ0n) is 21.9. The first-order chi connectivity index (χ1) is 20.9. The third-order valence-electron chi connectivity index (χ3n) is 7.24. The molecule has 44 heavy (non-hydrogen) atoms. The third kappa shape index (κ3) is 5.04. The molecule has 7 rings (SSSR count). The number of nitrogens with one attached hydrogen (secondary N) is 1. The average molecular weight is 659 g/mol.